The van der Waals surface area contributed by atoms with Crippen molar-refractivity contribution in [1.82, 2.24) is 0 Å². The second-order valence-corrected chi connectivity index (χ2v) is 6.23. The van der Waals surface area contributed by atoms with E-state index in [1.54, 1.807) is 23.5 Å². The van der Waals surface area contributed by atoms with Crippen LogP contribution in [-0.4, -0.2) is 11.1 Å². The first kappa shape index (κ1) is 14.1. The third-order valence-corrected chi connectivity index (χ3v) is 4.74. The van der Waals surface area contributed by atoms with Crippen LogP contribution in [0.4, 0.5) is 5.69 Å². The molecule has 0 aliphatic rings. The van der Waals surface area contributed by atoms with Gasteiger partial charge in [0, 0.05) is 20.4 Å². The van der Waals surface area contributed by atoms with Crippen molar-refractivity contribution in [1.29, 1.82) is 0 Å². The molecule has 2 N–H and O–H groups in total. The monoisotopic (exact) mass is 339 g/mol. The smallest absolute Gasteiger partial charge is 0.335 e. The van der Waals surface area contributed by atoms with E-state index < -0.39 is 5.97 Å². The van der Waals surface area contributed by atoms with Crippen molar-refractivity contribution in [2.45, 2.75) is 19.9 Å². The maximum atomic E-state index is 10.9. The van der Waals surface area contributed by atoms with Crippen molar-refractivity contribution in [2.75, 3.05) is 5.32 Å². The quantitative estimate of drug-likeness (QED) is 0.849. The molecule has 0 saturated heterocycles. The molecule has 1 heterocycles. The molecule has 1 aromatic carbocycles. The molecule has 0 saturated carbocycles. The van der Waals surface area contributed by atoms with Gasteiger partial charge in [-0.1, -0.05) is 0 Å². The standard InChI is InChI=1S/C14H14BrNO2S/c1-8-5-10(14(17)18)3-4-12(8)16-9(2)13-6-11(15)7-19-13/h3-7,9,16H,1-2H3,(H,17,18). The van der Waals surface area contributed by atoms with Crippen LogP contribution in [0.2, 0.25) is 0 Å². The maximum Gasteiger partial charge on any atom is 0.335 e. The number of benzene rings is 1. The first-order valence-electron chi connectivity index (χ1n) is 5.82. The van der Waals surface area contributed by atoms with Crippen LogP contribution in [0, 0.1) is 6.92 Å². The van der Waals surface area contributed by atoms with Crippen LogP contribution in [0.5, 0.6) is 0 Å². The topological polar surface area (TPSA) is 49.3 Å². The fourth-order valence-electron chi connectivity index (χ4n) is 1.82. The van der Waals surface area contributed by atoms with Crippen LogP contribution in [-0.2, 0) is 0 Å². The summed E-state index contributed by atoms with van der Waals surface area (Å²) in [6.07, 6.45) is 0. The lowest BCUT2D eigenvalue weighted by Crippen LogP contribution is -2.07. The SMILES string of the molecule is Cc1cc(C(=O)O)ccc1NC(C)c1cc(Br)cs1. The van der Waals surface area contributed by atoms with Crippen molar-refractivity contribution in [3.8, 4) is 0 Å². The zero-order valence-corrected chi connectivity index (χ0v) is 13.0. The molecule has 1 aromatic heterocycles. The number of aromatic carboxylic acids is 1. The average molecular weight is 340 g/mol. The highest BCUT2D eigenvalue weighted by atomic mass is 79.9. The third-order valence-electron chi connectivity index (χ3n) is 2.86. The molecule has 0 aliphatic carbocycles. The first-order chi connectivity index (χ1) is 8.97. The molecular weight excluding hydrogens is 326 g/mol. The number of thiophene rings is 1. The molecule has 1 unspecified atom stereocenters. The van der Waals surface area contributed by atoms with Crippen LogP contribution in [0.3, 0.4) is 0 Å². The molecule has 1 atom stereocenters. The van der Waals surface area contributed by atoms with E-state index in [1.165, 1.54) is 4.88 Å². The van der Waals surface area contributed by atoms with Gasteiger partial charge in [0.25, 0.3) is 0 Å². The molecule has 0 radical (unpaired) electrons. The summed E-state index contributed by atoms with van der Waals surface area (Å²) in [6.45, 7) is 3.99. The van der Waals surface area contributed by atoms with E-state index >= 15 is 0 Å². The van der Waals surface area contributed by atoms with Crippen LogP contribution in [0.25, 0.3) is 0 Å². The molecule has 5 heteroatoms. The van der Waals surface area contributed by atoms with E-state index in [-0.39, 0.29) is 6.04 Å². The van der Waals surface area contributed by atoms with Crippen molar-refractivity contribution < 1.29 is 9.90 Å². The van der Waals surface area contributed by atoms with Crippen molar-refractivity contribution in [3.63, 3.8) is 0 Å². The molecular formula is C14H14BrNO2S. The van der Waals surface area contributed by atoms with E-state index in [0.717, 1.165) is 15.7 Å². The van der Waals surface area contributed by atoms with Gasteiger partial charge in [0.1, 0.15) is 0 Å². The highest BCUT2D eigenvalue weighted by molar-refractivity contribution is 9.10. The van der Waals surface area contributed by atoms with E-state index in [0.29, 0.717) is 5.56 Å². The Labute approximate surface area is 124 Å². The highest BCUT2D eigenvalue weighted by Crippen LogP contribution is 2.29. The van der Waals surface area contributed by atoms with Gasteiger partial charge in [0.2, 0.25) is 0 Å². The second kappa shape index (κ2) is 5.75. The van der Waals surface area contributed by atoms with E-state index in [1.807, 2.05) is 18.4 Å². The van der Waals surface area contributed by atoms with Gasteiger partial charge in [0.15, 0.2) is 0 Å². The Morgan fingerprint density at radius 1 is 1.42 bits per heavy atom. The maximum absolute atomic E-state index is 10.9. The lowest BCUT2D eigenvalue weighted by Gasteiger charge is -2.16. The lowest BCUT2D eigenvalue weighted by molar-refractivity contribution is 0.0697. The lowest BCUT2D eigenvalue weighted by atomic mass is 10.1. The predicted octanol–water partition coefficient (Wildman–Crippen LogP) is 4.69. The number of carboxylic acid groups (broad SMARTS) is 1. The Morgan fingerprint density at radius 2 is 2.16 bits per heavy atom. The minimum atomic E-state index is -0.898. The molecule has 0 bridgehead atoms. The molecule has 0 aliphatic heterocycles. The van der Waals surface area contributed by atoms with Gasteiger partial charge in [-0.15, -0.1) is 11.3 Å². The average Bonchev–Trinajstić information content (AvgIpc) is 2.78. The molecule has 0 amide bonds. The number of hydrogen-bond donors (Lipinski definition) is 2. The Hall–Kier alpha value is -1.33. The Kier molecular flexibility index (Phi) is 4.27. The minimum absolute atomic E-state index is 0.186. The summed E-state index contributed by atoms with van der Waals surface area (Å²) in [5, 5.41) is 14.4. The Morgan fingerprint density at radius 3 is 2.68 bits per heavy atom. The fourth-order valence-corrected chi connectivity index (χ4v) is 3.27. The number of carboxylic acids is 1. The number of carbonyl (C=O) groups is 1. The number of aryl methyl sites for hydroxylation is 1. The highest BCUT2D eigenvalue weighted by Gasteiger charge is 2.11. The van der Waals surface area contributed by atoms with Gasteiger partial charge in [-0.2, -0.15) is 0 Å². The number of nitrogens with one attached hydrogen (secondary N) is 1. The predicted molar refractivity (Wildman–Crippen MR) is 82.2 cm³/mol. The van der Waals surface area contributed by atoms with Gasteiger partial charge < -0.3 is 10.4 Å². The molecule has 0 fully saturated rings. The summed E-state index contributed by atoms with van der Waals surface area (Å²) in [5.41, 5.74) is 2.21. The molecule has 2 rings (SSSR count). The number of hydrogen-bond acceptors (Lipinski definition) is 3. The van der Waals surface area contributed by atoms with E-state index in [4.69, 9.17) is 5.11 Å². The van der Waals surface area contributed by atoms with Gasteiger partial charge in [-0.25, -0.2) is 4.79 Å². The molecule has 19 heavy (non-hydrogen) atoms. The van der Waals surface area contributed by atoms with Gasteiger partial charge in [-0.3, -0.25) is 0 Å². The Balaban J connectivity index is 2.17. The summed E-state index contributed by atoms with van der Waals surface area (Å²) in [7, 11) is 0. The number of anilines is 1. The fraction of sp³-hybridized carbons (Fsp3) is 0.214. The van der Waals surface area contributed by atoms with Gasteiger partial charge in [0.05, 0.1) is 11.6 Å². The van der Waals surface area contributed by atoms with E-state index in [9.17, 15) is 4.79 Å². The summed E-state index contributed by atoms with van der Waals surface area (Å²) in [6, 6.07) is 7.39. The van der Waals surface area contributed by atoms with E-state index in [2.05, 4.69) is 34.2 Å². The summed E-state index contributed by atoms with van der Waals surface area (Å²) in [4.78, 5) is 12.1. The number of rotatable bonds is 4. The summed E-state index contributed by atoms with van der Waals surface area (Å²) < 4.78 is 1.08. The normalized spacial score (nSPS) is 12.2. The van der Waals surface area contributed by atoms with Crippen LogP contribution in [0.1, 0.15) is 33.8 Å². The second-order valence-electron chi connectivity index (χ2n) is 4.37. The third kappa shape index (κ3) is 3.36. The first-order valence-corrected chi connectivity index (χ1v) is 7.49. The minimum Gasteiger partial charge on any atom is -0.478 e. The van der Waals surface area contributed by atoms with Crippen LogP contribution in [0.15, 0.2) is 34.1 Å². The van der Waals surface area contributed by atoms with Gasteiger partial charge in [-0.05, 0) is 59.6 Å². The van der Waals surface area contributed by atoms with Crippen molar-refractivity contribution >= 4 is 38.9 Å². The molecule has 100 valence electrons. The van der Waals surface area contributed by atoms with Crippen molar-refractivity contribution in [3.05, 3.63) is 50.1 Å². The van der Waals surface area contributed by atoms with Crippen LogP contribution >= 0.6 is 27.3 Å². The molecule has 0 spiro atoms. The summed E-state index contributed by atoms with van der Waals surface area (Å²) in [5.74, 6) is -0.898. The molecule has 3 nitrogen and oxygen atoms in total. The van der Waals surface area contributed by atoms with Crippen molar-refractivity contribution in [2.24, 2.45) is 0 Å². The number of halogens is 1. The molecule has 2 aromatic rings. The van der Waals surface area contributed by atoms with Gasteiger partial charge >= 0.3 is 5.97 Å². The summed E-state index contributed by atoms with van der Waals surface area (Å²) >= 11 is 5.13. The largest absolute Gasteiger partial charge is 0.478 e. The zero-order chi connectivity index (χ0) is 14.0. The zero-order valence-electron chi connectivity index (χ0n) is 10.6. The van der Waals surface area contributed by atoms with Crippen LogP contribution < -0.4 is 5.32 Å². The Bertz CT molecular complexity index is 609.